The predicted molar refractivity (Wildman–Crippen MR) is 67.6 cm³/mol. The summed E-state index contributed by atoms with van der Waals surface area (Å²) in [7, 11) is 4.03. The lowest BCUT2D eigenvalue weighted by molar-refractivity contribution is 0.0697. The first-order valence-corrected chi connectivity index (χ1v) is 5.59. The zero-order chi connectivity index (χ0) is 12.8. The molecular formula is C12H19N3O2. The molecule has 0 atom stereocenters. The fraction of sp³-hybridized carbons (Fsp3) is 0.500. The van der Waals surface area contributed by atoms with Gasteiger partial charge in [-0.3, -0.25) is 4.98 Å². The smallest absolute Gasteiger partial charge is 0.339 e. The van der Waals surface area contributed by atoms with E-state index in [4.69, 9.17) is 5.11 Å². The number of nitrogens with zero attached hydrogens (tertiary/aromatic N) is 2. The van der Waals surface area contributed by atoms with E-state index in [2.05, 4.69) is 15.2 Å². The second kappa shape index (κ2) is 6.20. The summed E-state index contributed by atoms with van der Waals surface area (Å²) in [4.78, 5) is 17.1. The van der Waals surface area contributed by atoms with Crippen LogP contribution in [0.15, 0.2) is 12.3 Å². The zero-order valence-corrected chi connectivity index (χ0v) is 10.5. The Hall–Kier alpha value is -1.62. The summed E-state index contributed by atoms with van der Waals surface area (Å²) in [5, 5.41) is 12.2. The van der Waals surface area contributed by atoms with Gasteiger partial charge in [0.05, 0.1) is 5.69 Å². The Morgan fingerprint density at radius 3 is 2.82 bits per heavy atom. The molecule has 17 heavy (non-hydrogen) atoms. The molecule has 0 unspecified atom stereocenters. The molecule has 5 nitrogen and oxygen atoms in total. The monoisotopic (exact) mass is 237 g/mol. The van der Waals surface area contributed by atoms with E-state index in [-0.39, 0.29) is 5.56 Å². The van der Waals surface area contributed by atoms with Gasteiger partial charge in [-0.15, -0.1) is 0 Å². The van der Waals surface area contributed by atoms with Gasteiger partial charge in [0, 0.05) is 18.4 Å². The number of carboxylic acid groups (broad SMARTS) is 1. The maximum absolute atomic E-state index is 11.0. The van der Waals surface area contributed by atoms with Crippen LogP contribution in [0.5, 0.6) is 0 Å². The Labute approximate surface area is 101 Å². The van der Waals surface area contributed by atoms with Gasteiger partial charge in [0.1, 0.15) is 5.56 Å². The van der Waals surface area contributed by atoms with Crippen LogP contribution in [0.3, 0.4) is 0 Å². The SMILES string of the molecule is Cc1cc(NCCCN(C)C)c(C(=O)O)cn1. The van der Waals surface area contributed by atoms with Gasteiger partial charge in [-0.2, -0.15) is 0 Å². The quantitative estimate of drug-likeness (QED) is 0.733. The number of carbonyl (C=O) groups is 1. The lowest BCUT2D eigenvalue weighted by atomic mass is 10.2. The van der Waals surface area contributed by atoms with Crippen molar-refractivity contribution in [2.45, 2.75) is 13.3 Å². The fourth-order valence-corrected chi connectivity index (χ4v) is 1.49. The number of pyridine rings is 1. The van der Waals surface area contributed by atoms with E-state index in [0.717, 1.165) is 25.2 Å². The fourth-order valence-electron chi connectivity index (χ4n) is 1.49. The summed E-state index contributed by atoms with van der Waals surface area (Å²) in [5.41, 5.74) is 1.68. The minimum Gasteiger partial charge on any atom is -0.478 e. The van der Waals surface area contributed by atoms with Crippen LogP contribution in [0.1, 0.15) is 22.5 Å². The van der Waals surface area contributed by atoms with Crippen molar-refractivity contribution >= 4 is 11.7 Å². The van der Waals surface area contributed by atoms with Crippen molar-refractivity contribution in [1.82, 2.24) is 9.88 Å². The molecule has 94 valence electrons. The minimum atomic E-state index is -0.951. The topological polar surface area (TPSA) is 65.5 Å². The molecular weight excluding hydrogens is 218 g/mol. The van der Waals surface area contributed by atoms with Crippen LogP contribution in [0.25, 0.3) is 0 Å². The van der Waals surface area contributed by atoms with Crippen molar-refractivity contribution in [2.24, 2.45) is 0 Å². The number of hydrogen-bond donors (Lipinski definition) is 2. The Morgan fingerprint density at radius 2 is 2.24 bits per heavy atom. The van der Waals surface area contributed by atoms with E-state index in [1.807, 2.05) is 21.0 Å². The molecule has 0 amide bonds. The second-order valence-electron chi connectivity index (χ2n) is 4.26. The van der Waals surface area contributed by atoms with Crippen LogP contribution in [0, 0.1) is 6.92 Å². The van der Waals surface area contributed by atoms with Crippen molar-refractivity contribution in [3.63, 3.8) is 0 Å². The molecule has 1 rings (SSSR count). The van der Waals surface area contributed by atoms with E-state index >= 15 is 0 Å². The molecule has 5 heteroatoms. The number of aromatic nitrogens is 1. The highest BCUT2D eigenvalue weighted by molar-refractivity contribution is 5.93. The van der Waals surface area contributed by atoms with Gasteiger partial charge in [0.2, 0.25) is 0 Å². The van der Waals surface area contributed by atoms with Crippen molar-refractivity contribution in [3.8, 4) is 0 Å². The summed E-state index contributed by atoms with van der Waals surface area (Å²) in [5.74, 6) is -0.951. The Balaban J connectivity index is 2.62. The molecule has 0 aliphatic rings. The molecule has 0 aromatic carbocycles. The van der Waals surface area contributed by atoms with Gasteiger partial charge >= 0.3 is 5.97 Å². The molecule has 0 bridgehead atoms. The molecule has 1 aromatic rings. The lowest BCUT2D eigenvalue weighted by Gasteiger charge is -2.12. The first-order valence-electron chi connectivity index (χ1n) is 5.59. The van der Waals surface area contributed by atoms with Crippen molar-refractivity contribution in [1.29, 1.82) is 0 Å². The molecule has 0 fully saturated rings. The summed E-state index contributed by atoms with van der Waals surface area (Å²) in [6, 6.07) is 1.76. The maximum atomic E-state index is 11.0. The number of rotatable bonds is 6. The minimum absolute atomic E-state index is 0.223. The summed E-state index contributed by atoms with van der Waals surface area (Å²) < 4.78 is 0. The van der Waals surface area contributed by atoms with Gasteiger partial charge in [-0.25, -0.2) is 4.79 Å². The van der Waals surface area contributed by atoms with Gasteiger partial charge in [0.25, 0.3) is 0 Å². The molecule has 0 saturated carbocycles. The normalized spacial score (nSPS) is 10.6. The van der Waals surface area contributed by atoms with E-state index in [1.165, 1.54) is 6.20 Å². The first-order chi connectivity index (χ1) is 8.00. The molecule has 0 radical (unpaired) electrons. The number of nitrogens with one attached hydrogen (secondary N) is 1. The van der Waals surface area contributed by atoms with E-state index < -0.39 is 5.97 Å². The Bertz CT molecular complexity index is 391. The summed E-state index contributed by atoms with van der Waals surface area (Å²) in [6.45, 7) is 3.57. The van der Waals surface area contributed by atoms with E-state index in [0.29, 0.717) is 5.69 Å². The van der Waals surface area contributed by atoms with Crippen LogP contribution in [0.4, 0.5) is 5.69 Å². The number of aromatic carboxylic acids is 1. The number of carboxylic acids is 1. The maximum Gasteiger partial charge on any atom is 0.339 e. The Morgan fingerprint density at radius 1 is 1.53 bits per heavy atom. The van der Waals surface area contributed by atoms with Crippen LogP contribution >= 0.6 is 0 Å². The van der Waals surface area contributed by atoms with E-state index in [1.54, 1.807) is 6.07 Å². The van der Waals surface area contributed by atoms with Crippen LogP contribution in [0.2, 0.25) is 0 Å². The highest BCUT2D eigenvalue weighted by Crippen LogP contribution is 2.15. The van der Waals surface area contributed by atoms with Crippen LogP contribution in [-0.2, 0) is 0 Å². The molecule has 1 heterocycles. The second-order valence-corrected chi connectivity index (χ2v) is 4.26. The van der Waals surface area contributed by atoms with Gasteiger partial charge < -0.3 is 15.3 Å². The standard InChI is InChI=1S/C12H19N3O2/c1-9-7-11(10(8-14-9)12(16)17)13-5-4-6-15(2)3/h7-8H,4-6H2,1-3H3,(H,13,14)(H,16,17). The third-order valence-electron chi connectivity index (χ3n) is 2.37. The van der Waals surface area contributed by atoms with Crippen molar-refractivity contribution in [3.05, 3.63) is 23.5 Å². The molecule has 2 N–H and O–H groups in total. The molecule has 0 aliphatic carbocycles. The molecule has 0 aliphatic heterocycles. The average Bonchev–Trinajstić information content (AvgIpc) is 2.23. The highest BCUT2D eigenvalue weighted by Gasteiger charge is 2.10. The summed E-state index contributed by atoms with van der Waals surface area (Å²) in [6.07, 6.45) is 2.36. The number of hydrogen-bond acceptors (Lipinski definition) is 4. The van der Waals surface area contributed by atoms with Gasteiger partial charge in [-0.1, -0.05) is 0 Å². The van der Waals surface area contributed by atoms with Crippen LogP contribution < -0.4 is 5.32 Å². The van der Waals surface area contributed by atoms with Crippen molar-refractivity contribution in [2.75, 3.05) is 32.5 Å². The highest BCUT2D eigenvalue weighted by atomic mass is 16.4. The molecule has 0 saturated heterocycles. The molecule has 0 spiro atoms. The third kappa shape index (κ3) is 4.40. The molecule has 1 aromatic heterocycles. The van der Waals surface area contributed by atoms with Crippen molar-refractivity contribution < 1.29 is 9.90 Å². The van der Waals surface area contributed by atoms with E-state index in [9.17, 15) is 4.79 Å². The number of anilines is 1. The predicted octanol–water partition coefficient (Wildman–Crippen LogP) is 1.45. The third-order valence-corrected chi connectivity index (χ3v) is 2.37. The van der Waals surface area contributed by atoms with Crippen LogP contribution in [-0.4, -0.2) is 48.1 Å². The largest absolute Gasteiger partial charge is 0.478 e. The van der Waals surface area contributed by atoms with Gasteiger partial charge in [-0.05, 0) is 40.1 Å². The van der Waals surface area contributed by atoms with Gasteiger partial charge in [0.15, 0.2) is 0 Å². The lowest BCUT2D eigenvalue weighted by Crippen LogP contribution is -2.17. The summed E-state index contributed by atoms with van der Waals surface area (Å²) >= 11 is 0. The number of aryl methyl sites for hydroxylation is 1. The first kappa shape index (κ1) is 13.4. The zero-order valence-electron chi connectivity index (χ0n) is 10.5. The Kier molecular flexibility index (Phi) is 4.90. The average molecular weight is 237 g/mol.